The number of carbonyl (C=O) groups excluding carboxylic acids is 1. The summed E-state index contributed by atoms with van der Waals surface area (Å²) in [7, 11) is 0. The molecule has 0 bridgehead atoms. The van der Waals surface area contributed by atoms with Crippen LogP contribution in [0, 0.1) is 23.2 Å². The van der Waals surface area contributed by atoms with Gasteiger partial charge in [-0.25, -0.2) is 0 Å². The molecule has 1 amide bonds. The Labute approximate surface area is 141 Å². The van der Waals surface area contributed by atoms with Gasteiger partial charge in [-0.1, -0.05) is 33.8 Å². The first-order valence-electron chi connectivity index (χ1n) is 8.99. The minimum Gasteiger partial charge on any atom is -0.353 e. The van der Waals surface area contributed by atoms with Crippen molar-refractivity contribution in [3.8, 4) is 0 Å². The van der Waals surface area contributed by atoms with E-state index in [2.05, 4.69) is 44.9 Å². The fourth-order valence-electron chi connectivity index (χ4n) is 3.93. The van der Waals surface area contributed by atoms with Gasteiger partial charge in [-0.3, -0.25) is 9.78 Å². The van der Waals surface area contributed by atoms with Crippen LogP contribution >= 0.6 is 0 Å². The molecule has 0 spiro atoms. The number of aromatic nitrogens is 1. The van der Waals surface area contributed by atoms with Gasteiger partial charge in [0, 0.05) is 30.3 Å². The average molecular weight is 316 g/mol. The topological polar surface area (TPSA) is 42.0 Å². The monoisotopic (exact) mass is 316 g/mol. The first kappa shape index (κ1) is 18.0. The zero-order chi connectivity index (χ0) is 17.0. The lowest BCUT2D eigenvalue weighted by Gasteiger charge is -2.42. The molecular weight excluding hydrogens is 284 g/mol. The van der Waals surface area contributed by atoms with Crippen LogP contribution < -0.4 is 5.32 Å². The van der Waals surface area contributed by atoms with Crippen molar-refractivity contribution < 1.29 is 4.79 Å². The van der Waals surface area contributed by atoms with Crippen LogP contribution in [0.2, 0.25) is 0 Å². The van der Waals surface area contributed by atoms with Gasteiger partial charge in [-0.15, -0.1) is 0 Å². The molecule has 0 aliphatic heterocycles. The highest BCUT2D eigenvalue weighted by molar-refractivity contribution is 5.79. The molecule has 1 aromatic rings. The van der Waals surface area contributed by atoms with Gasteiger partial charge in [0.2, 0.25) is 5.91 Å². The fourth-order valence-corrected chi connectivity index (χ4v) is 3.93. The second-order valence-corrected chi connectivity index (χ2v) is 8.36. The zero-order valence-corrected chi connectivity index (χ0v) is 15.3. The normalized spacial score (nSPS) is 25.1. The van der Waals surface area contributed by atoms with E-state index in [0.717, 1.165) is 25.0 Å². The van der Waals surface area contributed by atoms with E-state index in [0.29, 0.717) is 11.8 Å². The molecule has 1 aliphatic rings. The van der Waals surface area contributed by atoms with Crippen molar-refractivity contribution in [3.63, 3.8) is 0 Å². The molecule has 0 saturated heterocycles. The predicted molar refractivity (Wildman–Crippen MR) is 95.0 cm³/mol. The lowest BCUT2D eigenvalue weighted by molar-refractivity contribution is -0.131. The van der Waals surface area contributed by atoms with E-state index in [1.165, 1.54) is 6.42 Å². The van der Waals surface area contributed by atoms with Crippen LogP contribution in [-0.4, -0.2) is 16.9 Å². The van der Waals surface area contributed by atoms with E-state index in [1.54, 1.807) is 0 Å². The number of amides is 1. The Bertz CT molecular complexity index is 510. The minimum absolute atomic E-state index is 0.121. The molecule has 0 aromatic carbocycles. The Morgan fingerprint density at radius 1 is 1.35 bits per heavy atom. The van der Waals surface area contributed by atoms with Crippen molar-refractivity contribution in [3.05, 3.63) is 30.1 Å². The predicted octanol–water partition coefficient (Wildman–Crippen LogP) is 4.23. The summed E-state index contributed by atoms with van der Waals surface area (Å²) in [5.74, 6) is 1.45. The quantitative estimate of drug-likeness (QED) is 0.883. The maximum absolute atomic E-state index is 12.9. The third-order valence-electron chi connectivity index (χ3n) is 5.27. The number of nitrogens with zero attached hydrogens (tertiary/aromatic N) is 1. The van der Waals surface area contributed by atoms with Crippen LogP contribution in [0.1, 0.15) is 59.6 Å². The molecule has 0 radical (unpaired) electrons. The van der Waals surface area contributed by atoms with Crippen molar-refractivity contribution in [1.29, 1.82) is 0 Å². The number of hydrogen-bond donors (Lipinski definition) is 1. The van der Waals surface area contributed by atoms with Crippen molar-refractivity contribution in [1.82, 2.24) is 10.3 Å². The first-order chi connectivity index (χ1) is 10.8. The molecule has 2 rings (SSSR count). The molecular formula is C20H32N2O. The SMILES string of the molecule is CC(Cc1ccccn1)NC(=O)C1CC(C)(C)CCC1C(C)C. The van der Waals surface area contributed by atoms with Gasteiger partial charge in [0.25, 0.3) is 0 Å². The Morgan fingerprint density at radius 3 is 2.70 bits per heavy atom. The highest BCUT2D eigenvalue weighted by Crippen LogP contribution is 2.44. The van der Waals surface area contributed by atoms with Crippen molar-refractivity contribution in [2.75, 3.05) is 0 Å². The van der Waals surface area contributed by atoms with Gasteiger partial charge in [0.15, 0.2) is 0 Å². The summed E-state index contributed by atoms with van der Waals surface area (Å²) in [5, 5.41) is 3.24. The molecule has 3 nitrogen and oxygen atoms in total. The molecule has 1 heterocycles. The van der Waals surface area contributed by atoms with Crippen molar-refractivity contribution >= 4 is 5.91 Å². The van der Waals surface area contributed by atoms with Gasteiger partial charge < -0.3 is 5.32 Å². The smallest absolute Gasteiger partial charge is 0.223 e. The summed E-state index contributed by atoms with van der Waals surface area (Å²) >= 11 is 0. The molecule has 1 aromatic heterocycles. The lowest BCUT2D eigenvalue weighted by Crippen LogP contribution is -2.45. The summed E-state index contributed by atoms with van der Waals surface area (Å²) in [6.07, 6.45) is 5.98. The molecule has 128 valence electrons. The minimum atomic E-state index is 0.121. The van der Waals surface area contributed by atoms with E-state index in [4.69, 9.17) is 0 Å². The zero-order valence-electron chi connectivity index (χ0n) is 15.3. The molecule has 3 heteroatoms. The average Bonchev–Trinajstić information content (AvgIpc) is 2.46. The van der Waals surface area contributed by atoms with E-state index in [1.807, 2.05) is 24.4 Å². The summed E-state index contributed by atoms with van der Waals surface area (Å²) in [5.41, 5.74) is 1.31. The highest BCUT2D eigenvalue weighted by Gasteiger charge is 2.40. The van der Waals surface area contributed by atoms with Gasteiger partial charge >= 0.3 is 0 Å². The molecule has 3 atom stereocenters. The highest BCUT2D eigenvalue weighted by atomic mass is 16.2. The number of nitrogens with one attached hydrogen (secondary N) is 1. The summed E-state index contributed by atoms with van der Waals surface area (Å²) in [4.78, 5) is 17.2. The van der Waals surface area contributed by atoms with Gasteiger partial charge in [0.05, 0.1) is 0 Å². The van der Waals surface area contributed by atoms with Crippen LogP contribution in [0.25, 0.3) is 0 Å². The number of carbonyl (C=O) groups is 1. The van der Waals surface area contributed by atoms with Gasteiger partial charge in [-0.05, 0) is 55.6 Å². The summed E-state index contributed by atoms with van der Waals surface area (Å²) in [6, 6.07) is 6.05. The van der Waals surface area contributed by atoms with E-state index < -0.39 is 0 Å². The van der Waals surface area contributed by atoms with Crippen LogP contribution in [0.3, 0.4) is 0 Å². The fraction of sp³-hybridized carbons (Fsp3) is 0.700. The van der Waals surface area contributed by atoms with Crippen LogP contribution in [0.15, 0.2) is 24.4 Å². The third kappa shape index (κ3) is 5.05. The Hall–Kier alpha value is -1.38. The molecule has 1 N–H and O–H groups in total. The molecule has 23 heavy (non-hydrogen) atoms. The number of rotatable bonds is 5. The molecule has 1 aliphatic carbocycles. The Balaban J connectivity index is 1.99. The lowest BCUT2D eigenvalue weighted by atomic mass is 9.64. The van der Waals surface area contributed by atoms with Crippen LogP contribution in [-0.2, 0) is 11.2 Å². The van der Waals surface area contributed by atoms with Crippen LogP contribution in [0.4, 0.5) is 0 Å². The Morgan fingerprint density at radius 2 is 2.09 bits per heavy atom. The van der Waals surface area contributed by atoms with Crippen LogP contribution in [0.5, 0.6) is 0 Å². The standard InChI is InChI=1S/C20H32N2O/c1-14(2)17-9-10-20(4,5)13-18(17)19(23)22-15(3)12-16-8-6-7-11-21-16/h6-8,11,14-15,17-18H,9-10,12-13H2,1-5H3,(H,22,23). The summed E-state index contributed by atoms with van der Waals surface area (Å²) in [6.45, 7) is 11.2. The summed E-state index contributed by atoms with van der Waals surface area (Å²) < 4.78 is 0. The van der Waals surface area contributed by atoms with Gasteiger partial charge in [-0.2, -0.15) is 0 Å². The Kier molecular flexibility index (Phi) is 5.83. The third-order valence-corrected chi connectivity index (χ3v) is 5.27. The molecule has 1 fully saturated rings. The van der Waals surface area contributed by atoms with Crippen molar-refractivity contribution in [2.24, 2.45) is 23.2 Å². The second kappa shape index (κ2) is 7.46. The second-order valence-electron chi connectivity index (χ2n) is 8.36. The number of hydrogen-bond acceptors (Lipinski definition) is 2. The largest absolute Gasteiger partial charge is 0.353 e. The maximum Gasteiger partial charge on any atom is 0.223 e. The first-order valence-corrected chi connectivity index (χ1v) is 8.99. The molecule has 1 saturated carbocycles. The number of pyridine rings is 1. The van der Waals surface area contributed by atoms with Gasteiger partial charge in [0.1, 0.15) is 0 Å². The van der Waals surface area contributed by atoms with Crippen molar-refractivity contribution in [2.45, 2.75) is 66.3 Å². The van der Waals surface area contributed by atoms with E-state index in [9.17, 15) is 4.79 Å². The van der Waals surface area contributed by atoms with E-state index >= 15 is 0 Å². The molecule has 3 unspecified atom stereocenters. The van der Waals surface area contributed by atoms with E-state index in [-0.39, 0.29) is 23.3 Å². The maximum atomic E-state index is 12.9.